The van der Waals surface area contributed by atoms with Gasteiger partial charge in [-0.3, -0.25) is 4.79 Å². The molecule has 5 heteroatoms. The second kappa shape index (κ2) is 4.69. The van der Waals surface area contributed by atoms with E-state index in [4.69, 9.17) is 15.6 Å². The van der Waals surface area contributed by atoms with Gasteiger partial charge in [0.25, 0.3) is 0 Å². The Bertz CT molecular complexity index is 264. The maximum absolute atomic E-state index is 12.2. The van der Waals surface area contributed by atoms with Gasteiger partial charge in [0, 0.05) is 26.3 Å². The summed E-state index contributed by atoms with van der Waals surface area (Å²) in [6, 6.07) is 0. The molecule has 2 unspecified atom stereocenters. The number of aliphatic hydroxyl groups excluding tert-OH is 1. The third kappa shape index (κ3) is 2.21. The quantitative estimate of drug-likeness (QED) is 0.657. The first-order chi connectivity index (χ1) is 7.65. The van der Waals surface area contributed by atoms with Crippen LogP contribution in [0.2, 0.25) is 0 Å². The summed E-state index contributed by atoms with van der Waals surface area (Å²) < 4.78 is 5.20. The minimum absolute atomic E-state index is 0.0110. The number of hydrogen-bond donors (Lipinski definition) is 2. The molecule has 2 saturated heterocycles. The van der Waals surface area contributed by atoms with Crippen LogP contribution in [0.15, 0.2) is 0 Å². The molecule has 5 nitrogen and oxygen atoms in total. The number of rotatable bonds is 2. The summed E-state index contributed by atoms with van der Waals surface area (Å²) in [5.74, 6) is 0.201. The van der Waals surface area contributed by atoms with E-state index in [1.165, 1.54) is 0 Å². The standard InChI is InChI=1S/C11H20N2O3/c12-11(3-5-16-8-11)10(15)13-4-1-2-9(6-13)7-14/h9,14H,1-8,12H2. The molecule has 2 rings (SSSR count). The third-order valence-corrected chi connectivity index (χ3v) is 3.54. The number of aliphatic hydroxyl groups is 1. The zero-order chi connectivity index (χ0) is 11.6. The van der Waals surface area contributed by atoms with Gasteiger partial charge >= 0.3 is 0 Å². The van der Waals surface area contributed by atoms with Crippen LogP contribution in [-0.2, 0) is 9.53 Å². The third-order valence-electron chi connectivity index (χ3n) is 3.54. The smallest absolute Gasteiger partial charge is 0.245 e. The number of nitrogens with two attached hydrogens (primary N) is 1. The van der Waals surface area contributed by atoms with Crippen LogP contribution in [-0.4, -0.2) is 54.4 Å². The number of carbonyl (C=O) groups is 1. The Balaban J connectivity index is 1.98. The highest BCUT2D eigenvalue weighted by molar-refractivity contribution is 5.86. The van der Waals surface area contributed by atoms with Gasteiger partial charge in [-0.2, -0.15) is 0 Å². The summed E-state index contributed by atoms with van der Waals surface area (Å²) in [6.07, 6.45) is 2.55. The van der Waals surface area contributed by atoms with E-state index in [2.05, 4.69) is 0 Å². The Morgan fingerprint density at radius 3 is 3.06 bits per heavy atom. The second-order valence-corrected chi connectivity index (χ2v) is 4.90. The molecule has 3 N–H and O–H groups in total. The maximum atomic E-state index is 12.2. The number of carbonyl (C=O) groups excluding carboxylic acids is 1. The second-order valence-electron chi connectivity index (χ2n) is 4.90. The van der Waals surface area contributed by atoms with E-state index in [9.17, 15) is 4.79 Å². The monoisotopic (exact) mass is 228 g/mol. The Labute approximate surface area is 95.5 Å². The van der Waals surface area contributed by atoms with Crippen molar-refractivity contribution in [3.8, 4) is 0 Å². The van der Waals surface area contributed by atoms with Crippen molar-refractivity contribution >= 4 is 5.91 Å². The van der Waals surface area contributed by atoms with Gasteiger partial charge < -0.3 is 20.5 Å². The molecule has 92 valence electrons. The van der Waals surface area contributed by atoms with Crippen LogP contribution in [0.25, 0.3) is 0 Å². The Kier molecular flexibility index (Phi) is 3.47. The first-order valence-corrected chi connectivity index (χ1v) is 5.92. The van der Waals surface area contributed by atoms with E-state index in [1.54, 1.807) is 4.90 Å². The molecule has 0 saturated carbocycles. The van der Waals surface area contributed by atoms with Crippen molar-refractivity contribution in [2.45, 2.75) is 24.8 Å². The number of likely N-dealkylation sites (tertiary alicyclic amines) is 1. The molecule has 0 aromatic carbocycles. The van der Waals surface area contributed by atoms with Crippen LogP contribution >= 0.6 is 0 Å². The summed E-state index contributed by atoms with van der Waals surface area (Å²) in [7, 11) is 0. The summed E-state index contributed by atoms with van der Waals surface area (Å²) in [5.41, 5.74) is 5.22. The summed E-state index contributed by atoms with van der Waals surface area (Å²) >= 11 is 0. The zero-order valence-corrected chi connectivity index (χ0v) is 9.52. The number of piperidine rings is 1. The van der Waals surface area contributed by atoms with Gasteiger partial charge in [-0.15, -0.1) is 0 Å². The molecular formula is C11H20N2O3. The van der Waals surface area contributed by atoms with Crippen molar-refractivity contribution in [2.24, 2.45) is 11.7 Å². The predicted molar refractivity (Wildman–Crippen MR) is 58.7 cm³/mol. The van der Waals surface area contributed by atoms with Crippen molar-refractivity contribution in [3.05, 3.63) is 0 Å². The molecule has 16 heavy (non-hydrogen) atoms. The molecule has 0 bridgehead atoms. The van der Waals surface area contributed by atoms with Crippen LogP contribution in [0.5, 0.6) is 0 Å². The molecular weight excluding hydrogens is 208 g/mol. The van der Waals surface area contributed by atoms with Gasteiger partial charge in [-0.05, 0) is 25.2 Å². The fraction of sp³-hybridized carbons (Fsp3) is 0.909. The first-order valence-electron chi connectivity index (χ1n) is 5.92. The lowest BCUT2D eigenvalue weighted by Gasteiger charge is -2.36. The summed E-state index contributed by atoms with van der Waals surface area (Å²) in [5, 5.41) is 9.13. The summed E-state index contributed by atoms with van der Waals surface area (Å²) in [4.78, 5) is 14.0. The van der Waals surface area contributed by atoms with Crippen molar-refractivity contribution in [3.63, 3.8) is 0 Å². The molecule has 2 fully saturated rings. The van der Waals surface area contributed by atoms with Gasteiger partial charge in [0.2, 0.25) is 5.91 Å². The minimum atomic E-state index is -0.822. The van der Waals surface area contributed by atoms with Crippen molar-refractivity contribution in [2.75, 3.05) is 32.9 Å². The average Bonchev–Trinajstić information content (AvgIpc) is 2.76. The number of nitrogens with zero attached hydrogens (tertiary/aromatic N) is 1. The largest absolute Gasteiger partial charge is 0.396 e. The predicted octanol–water partition coefficient (Wildman–Crippen LogP) is -0.665. The first kappa shape index (κ1) is 11.8. The molecule has 1 amide bonds. The summed E-state index contributed by atoms with van der Waals surface area (Å²) in [6.45, 7) is 2.44. The molecule has 0 aromatic rings. The van der Waals surface area contributed by atoms with Crippen molar-refractivity contribution in [1.82, 2.24) is 4.90 Å². The number of amides is 1. The maximum Gasteiger partial charge on any atom is 0.245 e. The topological polar surface area (TPSA) is 75.8 Å². The lowest BCUT2D eigenvalue weighted by Crippen LogP contribution is -2.58. The Morgan fingerprint density at radius 1 is 1.62 bits per heavy atom. The zero-order valence-electron chi connectivity index (χ0n) is 9.52. The van der Waals surface area contributed by atoms with Gasteiger partial charge in [0.15, 0.2) is 0 Å². The molecule has 2 aliphatic rings. The van der Waals surface area contributed by atoms with Gasteiger partial charge in [-0.25, -0.2) is 0 Å². The highest BCUT2D eigenvalue weighted by atomic mass is 16.5. The SMILES string of the molecule is NC1(C(=O)N2CCCC(CO)C2)CCOC1. The van der Waals surface area contributed by atoms with Gasteiger partial charge in [0.05, 0.1) is 6.61 Å². The molecule has 0 spiro atoms. The van der Waals surface area contributed by atoms with Crippen LogP contribution in [0, 0.1) is 5.92 Å². The highest BCUT2D eigenvalue weighted by Gasteiger charge is 2.41. The lowest BCUT2D eigenvalue weighted by molar-refractivity contribution is -0.139. The van der Waals surface area contributed by atoms with E-state index >= 15 is 0 Å². The van der Waals surface area contributed by atoms with Crippen LogP contribution in [0.3, 0.4) is 0 Å². The van der Waals surface area contributed by atoms with E-state index in [0.717, 1.165) is 19.4 Å². The molecule has 0 aliphatic carbocycles. The van der Waals surface area contributed by atoms with Crippen molar-refractivity contribution in [1.29, 1.82) is 0 Å². The normalized spacial score (nSPS) is 35.4. The fourth-order valence-electron chi connectivity index (χ4n) is 2.46. The molecule has 2 aliphatic heterocycles. The van der Waals surface area contributed by atoms with Crippen LogP contribution in [0.1, 0.15) is 19.3 Å². The van der Waals surface area contributed by atoms with Gasteiger partial charge in [0.1, 0.15) is 5.54 Å². The van der Waals surface area contributed by atoms with Gasteiger partial charge in [-0.1, -0.05) is 0 Å². The number of hydrogen-bond acceptors (Lipinski definition) is 4. The molecule has 0 radical (unpaired) electrons. The van der Waals surface area contributed by atoms with E-state index in [1.807, 2.05) is 0 Å². The fourth-order valence-corrected chi connectivity index (χ4v) is 2.46. The highest BCUT2D eigenvalue weighted by Crippen LogP contribution is 2.23. The van der Waals surface area contributed by atoms with Crippen LogP contribution < -0.4 is 5.73 Å². The molecule has 2 heterocycles. The molecule has 0 aromatic heterocycles. The number of ether oxygens (including phenoxy) is 1. The van der Waals surface area contributed by atoms with E-state index in [0.29, 0.717) is 26.2 Å². The molecule has 2 atom stereocenters. The Morgan fingerprint density at radius 2 is 2.44 bits per heavy atom. The van der Waals surface area contributed by atoms with E-state index < -0.39 is 5.54 Å². The lowest BCUT2D eigenvalue weighted by atomic mass is 9.94. The minimum Gasteiger partial charge on any atom is -0.396 e. The Hall–Kier alpha value is -0.650. The van der Waals surface area contributed by atoms with Crippen LogP contribution in [0.4, 0.5) is 0 Å². The van der Waals surface area contributed by atoms with E-state index in [-0.39, 0.29) is 18.4 Å². The van der Waals surface area contributed by atoms with Crippen molar-refractivity contribution < 1.29 is 14.6 Å². The average molecular weight is 228 g/mol.